The zero-order valence-corrected chi connectivity index (χ0v) is 12.9. The third-order valence-corrected chi connectivity index (χ3v) is 4.68. The third kappa shape index (κ3) is 2.73. The van der Waals surface area contributed by atoms with Gasteiger partial charge < -0.3 is 10.5 Å². The average Bonchev–Trinajstić information content (AvgIpc) is 2.37. The van der Waals surface area contributed by atoms with Gasteiger partial charge in [0.05, 0.1) is 5.41 Å². The first kappa shape index (κ1) is 15.0. The van der Waals surface area contributed by atoms with Gasteiger partial charge in [-0.1, -0.05) is 24.3 Å². The van der Waals surface area contributed by atoms with Gasteiger partial charge in [0, 0.05) is 5.54 Å². The van der Waals surface area contributed by atoms with Gasteiger partial charge in [-0.2, -0.15) is 0 Å². The number of hydrogen-bond acceptors (Lipinski definition) is 3. The van der Waals surface area contributed by atoms with Crippen LogP contribution in [0.15, 0.2) is 24.3 Å². The van der Waals surface area contributed by atoms with E-state index in [1.807, 2.05) is 39.8 Å². The van der Waals surface area contributed by atoms with Crippen LogP contribution in [0.3, 0.4) is 0 Å². The Labute approximate surface area is 121 Å². The van der Waals surface area contributed by atoms with E-state index in [0.717, 1.165) is 24.8 Å². The van der Waals surface area contributed by atoms with Gasteiger partial charge in [-0.3, -0.25) is 4.79 Å². The molecule has 3 nitrogen and oxygen atoms in total. The lowest BCUT2D eigenvalue weighted by molar-refractivity contribution is -0.164. The zero-order chi connectivity index (χ0) is 15.0. The van der Waals surface area contributed by atoms with Crippen LogP contribution in [0.1, 0.15) is 57.8 Å². The lowest BCUT2D eigenvalue weighted by Crippen LogP contribution is -2.52. The maximum atomic E-state index is 12.5. The minimum atomic E-state index is -0.709. The fourth-order valence-electron chi connectivity index (χ4n) is 2.37. The molecule has 2 N–H and O–H groups in total. The average molecular weight is 275 g/mol. The van der Waals surface area contributed by atoms with Crippen molar-refractivity contribution in [3.63, 3.8) is 0 Å². The van der Waals surface area contributed by atoms with Crippen LogP contribution in [0, 0.1) is 5.41 Å². The molecule has 0 aromatic heterocycles. The van der Waals surface area contributed by atoms with Gasteiger partial charge in [0.2, 0.25) is 0 Å². The Morgan fingerprint density at radius 3 is 2.55 bits per heavy atom. The first-order valence-corrected chi connectivity index (χ1v) is 7.31. The molecule has 0 bridgehead atoms. The topological polar surface area (TPSA) is 52.3 Å². The Balaban J connectivity index is 2.18. The Bertz CT molecular complexity index is 500. The molecule has 20 heavy (non-hydrogen) atoms. The number of esters is 1. The first-order valence-electron chi connectivity index (χ1n) is 7.31. The zero-order valence-electron chi connectivity index (χ0n) is 12.9. The van der Waals surface area contributed by atoms with Crippen molar-refractivity contribution in [1.82, 2.24) is 0 Å². The SMILES string of the molecule is CC(C)(N)C(C)(C)C(=O)OC1CCCc2ccccc21. The Kier molecular flexibility index (Phi) is 3.92. The predicted molar refractivity (Wildman–Crippen MR) is 80.3 cm³/mol. The van der Waals surface area contributed by atoms with E-state index in [1.54, 1.807) is 0 Å². The molecule has 1 aromatic rings. The number of carbonyl (C=O) groups excluding carboxylic acids is 1. The molecule has 1 unspecified atom stereocenters. The van der Waals surface area contributed by atoms with E-state index >= 15 is 0 Å². The van der Waals surface area contributed by atoms with Gasteiger partial charge >= 0.3 is 5.97 Å². The molecule has 0 saturated carbocycles. The van der Waals surface area contributed by atoms with Crippen LogP contribution < -0.4 is 5.73 Å². The molecule has 1 aliphatic carbocycles. The summed E-state index contributed by atoms with van der Waals surface area (Å²) in [7, 11) is 0. The van der Waals surface area contributed by atoms with Gasteiger partial charge in [0.1, 0.15) is 6.10 Å². The molecule has 1 aliphatic rings. The van der Waals surface area contributed by atoms with E-state index in [0.29, 0.717) is 0 Å². The number of rotatable bonds is 3. The van der Waals surface area contributed by atoms with Crippen LogP contribution in [0.4, 0.5) is 0 Å². The van der Waals surface area contributed by atoms with Crippen molar-refractivity contribution >= 4 is 5.97 Å². The number of ether oxygens (including phenoxy) is 1. The largest absolute Gasteiger partial charge is 0.457 e. The van der Waals surface area contributed by atoms with Crippen molar-refractivity contribution < 1.29 is 9.53 Å². The quantitative estimate of drug-likeness (QED) is 0.860. The molecular weight excluding hydrogens is 250 g/mol. The number of nitrogens with two attached hydrogens (primary N) is 1. The second kappa shape index (κ2) is 5.21. The molecule has 110 valence electrons. The van der Waals surface area contributed by atoms with Crippen molar-refractivity contribution in [1.29, 1.82) is 0 Å². The van der Waals surface area contributed by atoms with Crippen molar-refractivity contribution in [3.8, 4) is 0 Å². The predicted octanol–water partition coefficient (Wildman–Crippen LogP) is 3.37. The molecule has 1 atom stereocenters. The van der Waals surface area contributed by atoms with E-state index in [9.17, 15) is 4.79 Å². The molecule has 1 aromatic carbocycles. The van der Waals surface area contributed by atoms with Crippen LogP contribution in [0.5, 0.6) is 0 Å². The van der Waals surface area contributed by atoms with Crippen molar-refractivity contribution in [2.24, 2.45) is 11.1 Å². The second-order valence-corrected chi connectivity index (χ2v) is 6.83. The maximum Gasteiger partial charge on any atom is 0.313 e. The number of benzene rings is 1. The second-order valence-electron chi connectivity index (χ2n) is 6.83. The van der Waals surface area contributed by atoms with Gasteiger partial charge in [-0.25, -0.2) is 0 Å². The molecule has 0 aliphatic heterocycles. The Morgan fingerprint density at radius 1 is 1.25 bits per heavy atom. The molecule has 0 spiro atoms. The summed E-state index contributed by atoms with van der Waals surface area (Å²) in [5.74, 6) is -0.216. The van der Waals surface area contributed by atoms with Gasteiger partial charge in [-0.15, -0.1) is 0 Å². The highest BCUT2D eigenvalue weighted by Crippen LogP contribution is 2.36. The molecule has 0 fully saturated rings. The van der Waals surface area contributed by atoms with Crippen LogP contribution in [0.2, 0.25) is 0 Å². The van der Waals surface area contributed by atoms with Gasteiger partial charge in [0.25, 0.3) is 0 Å². The summed E-state index contributed by atoms with van der Waals surface area (Å²) in [4.78, 5) is 12.5. The van der Waals surface area contributed by atoms with Crippen molar-refractivity contribution in [2.75, 3.05) is 0 Å². The summed E-state index contributed by atoms with van der Waals surface area (Å²) in [6, 6.07) is 8.22. The Hall–Kier alpha value is -1.35. The normalized spacial score (nSPS) is 19.4. The van der Waals surface area contributed by atoms with Crippen LogP contribution in [-0.4, -0.2) is 11.5 Å². The lowest BCUT2D eigenvalue weighted by Gasteiger charge is -2.37. The van der Waals surface area contributed by atoms with E-state index in [1.165, 1.54) is 5.56 Å². The highest BCUT2D eigenvalue weighted by Gasteiger charge is 2.43. The number of hydrogen-bond donors (Lipinski definition) is 1. The summed E-state index contributed by atoms with van der Waals surface area (Å²) in [6.45, 7) is 7.43. The Morgan fingerprint density at radius 2 is 1.90 bits per heavy atom. The molecule has 2 rings (SSSR count). The monoisotopic (exact) mass is 275 g/mol. The molecular formula is C17H25NO2. The lowest BCUT2D eigenvalue weighted by atomic mass is 9.75. The van der Waals surface area contributed by atoms with Gasteiger partial charge in [0.15, 0.2) is 0 Å². The third-order valence-electron chi connectivity index (χ3n) is 4.68. The smallest absolute Gasteiger partial charge is 0.313 e. The molecule has 0 radical (unpaired) electrons. The minimum absolute atomic E-state index is 0.130. The molecule has 3 heteroatoms. The van der Waals surface area contributed by atoms with Crippen LogP contribution in [-0.2, 0) is 16.0 Å². The summed E-state index contributed by atoms with van der Waals surface area (Å²) < 4.78 is 5.79. The van der Waals surface area contributed by atoms with Gasteiger partial charge in [-0.05, 0) is 58.1 Å². The van der Waals surface area contributed by atoms with Crippen LogP contribution in [0.25, 0.3) is 0 Å². The summed E-state index contributed by atoms with van der Waals surface area (Å²) in [5.41, 5.74) is 7.23. The van der Waals surface area contributed by atoms with E-state index in [4.69, 9.17) is 10.5 Å². The molecule has 0 saturated heterocycles. The number of aryl methyl sites for hydroxylation is 1. The number of fused-ring (bicyclic) bond motifs is 1. The molecule has 0 heterocycles. The van der Waals surface area contributed by atoms with E-state index in [-0.39, 0.29) is 12.1 Å². The highest BCUT2D eigenvalue weighted by molar-refractivity contribution is 5.78. The fourth-order valence-corrected chi connectivity index (χ4v) is 2.37. The number of carbonyl (C=O) groups is 1. The van der Waals surface area contributed by atoms with Crippen molar-refractivity contribution in [3.05, 3.63) is 35.4 Å². The van der Waals surface area contributed by atoms with Crippen LogP contribution >= 0.6 is 0 Å². The summed E-state index contributed by atoms with van der Waals surface area (Å²) in [5, 5.41) is 0. The van der Waals surface area contributed by atoms with Crippen molar-refractivity contribution in [2.45, 2.75) is 58.6 Å². The standard InChI is InChI=1S/C17H25NO2/c1-16(2,17(3,4)18)15(19)20-14-11-7-9-12-8-5-6-10-13(12)14/h5-6,8,10,14H,7,9,11,18H2,1-4H3. The summed E-state index contributed by atoms with van der Waals surface area (Å²) in [6.07, 6.45) is 2.88. The maximum absolute atomic E-state index is 12.5. The minimum Gasteiger partial charge on any atom is -0.457 e. The fraction of sp³-hybridized carbons (Fsp3) is 0.588. The van der Waals surface area contributed by atoms with E-state index in [2.05, 4.69) is 12.1 Å². The summed E-state index contributed by atoms with van der Waals surface area (Å²) >= 11 is 0. The highest BCUT2D eigenvalue weighted by atomic mass is 16.5. The molecule has 0 amide bonds. The first-order chi connectivity index (χ1) is 9.23. The van der Waals surface area contributed by atoms with E-state index < -0.39 is 11.0 Å².